The van der Waals surface area contributed by atoms with Gasteiger partial charge in [-0.25, -0.2) is 0 Å². The molecule has 1 saturated heterocycles. The number of aryl methyl sites for hydroxylation is 1. The third-order valence-electron chi connectivity index (χ3n) is 3.72. The number of hydrogen-bond donors (Lipinski definition) is 0. The Balaban J connectivity index is 1.94. The van der Waals surface area contributed by atoms with Crippen LogP contribution in [-0.2, 0) is 0 Å². The van der Waals surface area contributed by atoms with Crippen LogP contribution < -0.4 is 0 Å². The van der Waals surface area contributed by atoms with Crippen LogP contribution in [0.4, 0.5) is 0 Å². The molecule has 0 unspecified atom stereocenters. The van der Waals surface area contributed by atoms with E-state index in [1.165, 1.54) is 6.42 Å². The van der Waals surface area contributed by atoms with Crippen LogP contribution in [0.5, 0.6) is 0 Å². The molecule has 0 N–H and O–H groups in total. The maximum Gasteiger partial charge on any atom is 0.255 e. The predicted octanol–water partition coefficient (Wildman–Crippen LogP) is 2.87. The summed E-state index contributed by atoms with van der Waals surface area (Å²) in [4.78, 5) is 14.4. The first-order valence-electron chi connectivity index (χ1n) is 6.63. The Labute approximate surface area is 107 Å². The number of pyridine rings is 1. The maximum absolute atomic E-state index is 12.4. The Morgan fingerprint density at radius 2 is 1.94 bits per heavy atom. The fourth-order valence-electron chi connectivity index (χ4n) is 2.68. The molecule has 0 atom stereocenters. The molecule has 0 saturated carbocycles. The lowest BCUT2D eigenvalue weighted by Crippen LogP contribution is -2.35. The van der Waals surface area contributed by atoms with E-state index in [2.05, 4.69) is 17.4 Å². The number of carbonyl (C=O) groups is 1. The van der Waals surface area contributed by atoms with Crippen LogP contribution in [0.1, 0.15) is 35.3 Å². The molecule has 1 aliphatic heterocycles. The summed E-state index contributed by atoms with van der Waals surface area (Å²) < 4.78 is 2.08. The smallest absolute Gasteiger partial charge is 0.255 e. The largest absolute Gasteiger partial charge is 0.339 e. The predicted molar refractivity (Wildman–Crippen MR) is 71.9 cm³/mol. The van der Waals surface area contributed by atoms with E-state index in [4.69, 9.17) is 0 Å². The summed E-state index contributed by atoms with van der Waals surface area (Å²) in [6.45, 7) is 3.87. The van der Waals surface area contributed by atoms with Gasteiger partial charge in [0.05, 0.1) is 5.56 Å². The normalized spacial score (nSPS) is 16.2. The number of carbonyl (C=O) groups excluding carboxylic acids is 1. The summed E-state index contributed by atoms with van der Waals surface area (Å²) in [5, 5.41) is 0. The first-order valence-corrected chi connectivity index (χ1v) is 6.63. The number of nitrogens with zero attached hydrogens (tertiary/aromatic N) is 2. The Bertz CT molecular complexity index is 579. The number of rotatable bonds is 1. The van der Waals surface area contributed by atoms with E-state index in [-0.39, 0.29) is 5.91 Å². The minimum absolute atomic E-state index is 0.179. The van der Waals surface area contributed by atoms with Crippen LogP contribution in [0.25, 0.3) is 5.52 Å². The first kappa shape index (κ1) is 11.3. The molecule has 3 rings (SSSR count). The third kappa shape index (κ3) is 1.90. The van der Waals surface area contributed by atoms with Gasteiger partial charge in [-0.15, -0.1) is 0 Å². The molecule has 18 heavy (non-hydrogen) atoms. The van der Waals surface area contributed by atoms with Crippen LogP contribution in [0.15, 0.2) is 30.5 Å². The summed E-state index contributed by atoms with van der Waals surface area (Å²) in [6, 6.07) is 8.12. The molecule has 94 valence electrons. The molecular formula is C15H18N2O. The van der Waals surface area contributed by atoms with Crippen molar-refractivity contribution < 1.29 is 4.79 Å². The number of hydrogen-bond acceptors (Lipinski definition) is 1. The summed E-state index contributed by atoms with van der Waals surface area (Å²) in [7, 11) is 0. The first-order chi connectivity index (χ1) is 8.75. The number of fused-ring (bicyclic) bond motifs is 1. The van der Waals surface area contributed by atoms with Crippen molar-refractivity contribution in [2.24, 2.45) is 0 Å². The zero-order valence-corrected chi connectivity index (χ0v) is 10.7. The molecule has 3 heterocycles. The average Bonchev–Trinajstić information content (AvgIpc) is 2.84. The maximum atomic E-state index is 12.4. The van der Waals surface area contributed by atoms with Gasteiger partial charge in [0.25, 0.3) is 5.91 Å². The van der Waals surface area contributed by atoms with Gasteiger partial charge in [-0.05, 0) is 44.4 Å². The Kier molecular flexibility index (Phi) is 2.82. The second kappa shape index (κ2) is 4.48. The minimum Gasteiger partial charge on any atom is -0.339 e. The van der Waals surface area contributed by atoms with Gasteiger partial charge in [-0.1, -0.05) is 6.07 Å². The molecule has 0 aliphatic carbocycles. The zero-order chi connectivity index (χ0) is 12.5. The molecule has 0 spiro atoms. The van der Waals surface area contributed by atoms with E-state index in [1.54, 1.807) is 0 Å². The number of piperidine rings is 1. The van der Waals surface area contributed by atoms with E-state index in [0.29, 0.717) is 0 Å². The highest BCUT2D eigenvalue weighted by Gasteiger charge is 2.19. The van der Waals surface area contributed by atoms with Gasteiger partial charge in [-0.2, -0.15) is 0 Å². The zero-order valence-electron chi connectivity index (χ0n) is 10.7. The average molecular weight is 242 g/mol. The summed E-state index contributed by atoms with van der Waals surface area (Å²) in [5.74, 6) is 0.179. The SMILES string of the molecule is Cc1cccc2cc(C(=O)N3CCCCC3)cn12. The van der Waals surface area contributed by atoms with Crippen molar-refractivity contribution in [2.75, 3.05) is 13.1 Å². The van der Waals surface area contributed by atoms with Crippen LogP contribution in [0.2, 0.25) is 0 Å². The van der Waals surface area contributed by atoms with Crippen LogP contribution in [0.3, 0.4) is 0 Å². The fourth-order valence-corrected chi connectivity index (χ4v) is 2.68. The molecule has 1 aliphatic rings. The molecule has 1 fully saturated rings. The summed E-state index contributed by atoms with van der Waals surface area (Å²) >= 11 is 0. The lowest BCUT2D eigenvalue weighted by Gasteiger charge is -2.26. The lowest BCUT2D eigenvalue weighted by atomic mass is 10.1. The molecule has 2 aromatic heterocycles. The van der Waals surface area contributed by atoms with E-state index in [0.717, 1.165) is 42.7 Å². The van der Waals surface area contributed by atoms with E-state index < -0.39 is 0 Å². The summed E-state index contributed by atoms with van der Waals surface area (Å²) in [6.07, 6.45) is 5.48. The van der Waals surface area contributed by atoms with Gasteiger partial charge in [0.2, 0.25) is 0 Å². The van der Waals surface area contributed by atoms with Crippen molar-refractivity contribution in [3.63, 3.8) is 0 Å². The Hall–Kier alpha value is -1.77. The fraction of sp³-hybridized carbons (Fsp3) is 0.400. The quantitative estimate of drug-likeness (QED) is 0.754. The van der Waals surface area contributed by atoms with Crippen molar-refractivity contribution in [3.05, 3.63) is 41.7 Å². The Morgan fingerprint density at radius 3 is 2.67 bits per heavy atom. The third-order valence-corrected chi connectivity index (χ3v) is 3.72. The van der Waals surface area contributed by atoms with Crippen molar-refractivity contribution in [2.45, 2.75) is 26.2 Å². The highest BCUT2D eigenvalue weighted by Crippen LogP contribution is 2.17. The Morgan fingerprint density at radius 1 is 1.17 bits per heavy atom. The van der Waals surface area contributed by atoms with Gasteiger partial charge >= 0.3 is 0 Å². The van der Waals surface area contributed by atoms with Crippen LogP contribution >= 0.6 is 0 Å². The van der Waals surface area contributed by atoms with Gasteiger partial charge in [-0.3, -0.25) is 4.79 Å². The highest BCUT2D eigenvalue weighted by molar-refractivity contribution is 5.95. The van der Waals surface area contributed by atoms with Crippen molar-refractivity contribution in [1.29, 1.82) is 0 Å². The molecule has 2 aromatic rings. The van der Waals surface area contributed by atoms with Crippen molar-refractivity contribution in [1.82, 2.24) is 9.30 Å². The molecule has 3 heteroatoms. The molecule has 0 bridgehead atoms. The molecule has 0 radical (unpaired) electrons. The van der Waals surface area contributed by atoms with Gasteiger partial charge in [0.15, 0.2) is 0 Å². The topological polar surface area (TPSA) is 24.7 Å². The minimum atomic E-state index is 0.179. The molecule has 0 aromatic carbocycles. The molecule has 1 amide bonds. The molecule has 3 nitrogen and oxygen atoms in total. The van der Waals surface area contributed by atoms with Crippen LogP contribution in [0, 0.1) is 6.92 Å². The van der Waals surface area contributed by atoms with Gasteiger partial charge in [0.1, 0.15) is 0 Å². The monoisotopic (exact) mass is 242 g/mol. The van der Waals surface area contributed by atoms with Crippen molar-refractivity contribution >= 4 is 11.4 Å². The van der Waals surface area contributed by atoms with Crippen LogP contribution in [-0.4, -0.2) is 28.3 Å². The van der Waals surface area contributed by atoms with Gasteiger partial charge in [0, 0.05) is 30.5 Å². The summed E-state index contributed by atoms with van der Waals surface area (Å²) in [5.41, 5.74) is 3.06. The lowest BCUT2D eigenvalue weighted by molar-refractivity contribution is 0.0724. The molecular weight excluding hydrogens is 224 g/mol. The van der Waals surface area contributed by atoms with Crippen molar-refractivity contribution in [3.8, 4) is 0 Å². The van der Waals surface area contributed by atoms with E-state index in [9.17, 15) is 4.79 Å². The number of amides is 1. The van der Waals surface area contributed by atoms with Gasteiger partial charge < -0.3 is 9.30 Å². The van der Waals surface area contributed by atoms with E-state index in [1.807, 2.05) is 29.3 Å². The van der Waals surface area contributed by atoms with E-state index >= 15 is 0 Å². The second-order valence-corrected chi connectivity index (χ2v) is 5.04. The second-order valence-electron chi connectivity index (χ2n) is 5.04. The number of likely N-dealkylation sites (tertiary alicyclic amines) is 1. The number of aromatic nitrogens is 1. The highest BCUT2D eigenvalue weighted by atomic mass is 16.2. The standard InChI is InChI=1S/C15H18N2O/c1-12-6-5-7-14-10-13(11-17(12)14)15(18)16-8-3-2-4-9-16/h5-7,10-11H,2-4,8-9H2,1H3.